The van der Waals surface area contributed by atoms with Crippen LogP contribution in [0, 0.1) is 11.8 Å². The summed E-state index contributed by atoms with van der Waals surface area (Å²) >= 11 is 0. The lowest BCUT2D eigenvalue weighted by atomic mass is 9.89. The van der Waals surface area contributed by atoms with Crippen LogP contribution in [0.15, 0.2) is 4.99 Å². The molecule has 6 heteroatoms. The van der Waals surface area contributed by atoms with Crippen LogP contribution < -0.4 is 5.32 Å². The topological polar surface area (TPSA) is 40.1 Å². The third kappa shape index (κ3) is 6.54. The van der Waals surface area contributed by atoms with Crippen molar-refractivity contribution >= 4 is 29.9 Å². The zero-order valence-electron chi connectivity index (χ0n) is 16.9. The molecule has 2 heterocycles. The average Bonchev–Trinajstić information content (AvgIpc) is 2.99. The summed E-state index contributed by atoms with van der Waals surface area (Å²) in [4.78, 5) is 9.89. The number of halogens is 1. The third-order valence-electron chi connectivity index (χ3n) is 5.62. The van der Waals surface area contributed by atoms with Gasteiger partial charge in [0.05, 0.1) is 6.54 Å². The first-order chi connectivity index (χ1) is 11.5. The van der Waals surface area contributed by atoms with Gasteiger partial charge in [-0.3, -0.25) is 4.99 Å². The summed E-state index contributed by atoms with van der Waals surface area (Å²) in [5.41, 5.74) is 0.149. The van der Waals surface area contributed by atoms with E-state index in [1.54, 1.807) is 0 Å². The molecule has 2 saturated heterocycles. The van der Waals surface area contributed by atoms with E-state index in [-0.39, 0.29) is 29.5 Å². The van der Waals surface area contributed by atoms with Gasteiger partial charge in [-0.05, 0) is 58.5 Å². The predicted molar refractivity (Wildman–Crippen MR) is 117 cm³/mol. The highest BCUT2D eigenvalue weighted by Gasteiger charge is 2.35. The third-order valence-corrected chi connectivity index (χ3v) is 5.62. The number of guanidine groups is 1. The van der Waals surface area contributed by atoms with Crippen molar-refractivity contribution in [2.75, 3.05) is 53.5 Å². The van der Waals surface area contributed by atoms with Crippen LogP contribution in [-0.2, 0) is 4.74 Å². The number of nitrogens with zero attached hydrogens (tertiary/aromatic N) is 3. The monoisotopic (exact) mass is 466 g/mol. The fraction of sp³-hybridized carbons (Fsp3) is 0.947. The molecular formula is C19H39IN4O. The van der Waals surface area contributed by atoms with Gasteiger partial charge in [-0.1, -0.05) is 13.8 Å². The predicted octanol–water partition coefficient (Wildman–Crippen LogP) is 3.05. The van der Waals surface area contributed by atoms with E-state index >= 15 is 0 Å². The molecule has 2 aliphatic heterocycles. The molecule has 0 aromatic carbocycles. The molecule has 5 nitrogen and oxygen atoms in total. The van der Waals surface area contributed by atoms with Gasteiger partial charge in [0.15, 0.2) is 5.96 Å². The van der Waals surface area contributed by atoms with Crippen LogP contribution in [0.2, 0.25) is 0 Å². The van der Waals surface area contributed by atoms with Gasteiger partial charge in [-0.25, -0.2) is 0 Å². The van der Waals surface area contributed by atoms with Gasteiger partial charge in [-0.15, -0.1) is 24.0 Å². The Labute approximate surface area is 172 Å². The van der Waals surface area contributed by atoms with E-state index < -0.39 is 0 Å². The first kappa shape index (κ1) is 23.0. The Bertz CT molecular complexity index is 408. The Kier molecular flexibility index (Phi) is 10.0. The van der Waals surface area contributed by atoms with Gasteiger partial charge in [-0.2, -0.15) is 0 Å². The molecule has 2 fully saturated rings. The molecule has 25 heavy (non-hydrogen) atoms. The summed E-state index contributed by atoms with van der Waals surface area (Å²) < 4.78 is 5.58. The molecule has 0 radical (unpaired) electrons. The smallest absolute Gasteiger partial charge is 0.193 e. The van der Waals surface area contributed by atoms with Gasteiger partial charge in [0.2, 0.25) is 0 Å². The molecule has 2 rings (SSSR count). The SMILES string of the molecule is CCNC(=NCC1(N(C)C)CCOCC1)N1CCC(CC(C)C)C1.I. The van der Waals surface area contributed by atoms with Crippen molar-refractivity contribution in [3.8, 4) is 0 Å². The van der Waals surface area contributed by atoms with Crippen LogP contribution >= 0.6 is 24.0 Å². The highest BCUT2D eigenvalue weighted by atomic mass is 127. The molecule has 0 aliphatic carbocycles. The summed E-state index contributed by atoms with van der Waals surface area (Å²) in [5.74, 6) is 2.71. The normalized spacial score (nSPS) is 23.9. The van der Waals surface area contributed by atoms with E-state index in [4.69, 9.17) is 9.73 Å². The second kappa shape index (κ2) is 10.9. The van der Waals surface area contributed by atoms with Crippen molar-refractivity contribution in [3.05, 3.63) is 0 Å². The van der Waals surface area contributed by atoms with Gasteiger partial charge in [0.1, 0.15) is 0 Å². The highest BCUT2D eigenvalue weighted by molar-refractivity contribution is 14.0. The molecule has 0 bridgehead atoms. The lowest BCUT2D eigenvalue weighted by Crippen LogP contribution is -2.52. The lowest BCUT2D eigenvalue weighted by molar-refractivity contribution is -0.00263. The number of rotatable bonds is 6. The Hall–Kier alpha value is -0.0800. The maximum atomic E-state index is 5.58. The first-order valence-electron chi connectivity index (χ1n) is 9.75. The second-order valence-corrected chi connectivity index (χ2v) is 8.13. The van der Waals surface area contributed by atoms with Crippen LogP contribution in [0.1, 0.15) is 46.5 Å². The van der Waals surface area contributed by atoms with Gasteiger partial charge in [0.25, 0.3) is 0 Å². The van der Waals surface area contributed by atoms with E-state index in [9.17, 15) is 0 Å². The fourth-order valence-electron chi connectivity index (χ4n) is 4.03. The van der Waals surface area contributed by atoms with Crippen LogP contribution in [0.5, 0.6) is 0 Å². The summed E-state index contributed by atoms with van der Waals surface area (Å²) in [6, 6.07) is 0. The average molecular weight is 466 g/mol. The molecule has 0 saturated carbocycles. The number of hydrogen-bond acceptors (Lipinski definition) is 3. The Morgan fingerprint density at radius 3 is 2.56 bits per heavy atom. The highest BCUT2D eigenvalue weighted by Crippen LogP contribution is 2.27. The number of aliphatic imine (C=N–C) groups is 1. The molecule has 0 amide bonds. The van der Waals surface area contributed by atoms with Gasteiger partial charge >= 0.3 is 0 Å². The van der Waals surface area contributed by atoms with Crippen LogP contribution in [-0.4, -0.2) is 74.8 Å². The minimum Gasteiger partial charge on any atom is -0.381 e. The van der Waals surface area contributed by atoms with Crippen molar-refractivity contribution in [2.45, 2.75) is 52.0 Å². The minimum atomic E-state index is 0. The number of hydrogen-bond donors (Lipinski definition) is 1. The van der Waals surface area contributed by atoms with E-state index in [1.165, 1.54) is 12.8 Å². The zero-order valence-corrected chi connectivity index (χ0v) is 19.2. The van der Waals surface area contributed by atoms with Crippen molar-refractivity contribution in [1.82, 2.24) is 15.1 Å². The Morgan fingerprint density at radius 1 is 1.32 bits per heavy atom. The molecule has 0 spiro atoms. The number of ether oxygens (including phenoxy) is 1. The number of nitrogens with one attached hydrogen (secondary N) is 1. The van der Waals surface area contributed by atoms with E-state index in [2.05, 4.69) is 50.0 Å². The fourth-order valence-corrected chi connectivity index (χ4v) is 4.03. The van der Waals surface area contributed by atoms with E-state index in [1.807, 2.05) is 0 Å². The van der Waals surface area contributed by atoms with Crippen molar-refractivity contribution in [1.29, 1.82) is 0 Å². The van der Waals surface area contributed by atoms with Crippen LogP contribution in [0.25, 0.3) is 0 Å². The Morgan fingerprint density at radius 2 is 2.00 bits per heavy atom. The number of likely N-dealkylation sites (N-methyl/N-ethyl adjacent to an activating group) is 1. The maximum Gasteiger partial charge on any atom is 0.193 e. The molecular weight excluding hydrogens is 427 g/mol. The van der Waals surface area contributed by atoms with E-state index in [0.29, 0.717) is 0 Å². The van der Waals surface area contributed by atoms with Crippen molar-refractivity contribution in [2.24, 2.45) is 16.8 Å². The van der Waals surface area contributed by atoms with Crippen LogP contribution in [0.4, 0.5) is 0 Å². The standard InChI is InChI=1S/C19H38N4O.HI/c1-6-20-18(23-10-7-17(14-23)13-16(2)3)21-15-19(22(4)5)8-11-24-12-9-19;/h16-17H,6-15H2,1-5H3,(H,20,21);1H. The maximum absolute atomic E-state index is 5.58. The first-order valence-corrected chi connectivity index (χ1v) is 9.75. The summed E-state index contributed by atoms with van der Waals surface area (Å²) in [6.07, 6.45) is 4.77. The molecule has 0 aromatic heterocycles. The molecule has 2 aliphatic rings. The minimum absolute atomic E-state index is 0. The summed E-state index contributed by atoms with van der Waals surface area (Å²) in [6.45, 7) is 12.6. The van der Waals surface area contributed by atoms with Crippen molar-refractivity contribution < 1.29 is 4.74 Å². The molecule has 1 N–H and O–H groups in total. The van der Waals surface area contributed by atoms with Crippen molar-refractivity contribution in [3.63, 3.8) is 0 Å². The largest absolute Gasteiger partial charge is 0.381 e. The zero-order chi connectivity index (χ0) is 17.6. The molecule has 1 unspecified atom stereocenters. The summed E-state index contributed by atoms with van der Waals surface area (Å²) in [5, 5.41) is 3.52. The lowest BCUT2D eigenvalue weighted by Gasteiger charge is -2.42. The quantitative estimate of drug-likeness (QED) is 0.371. The molecule has 0 aromatic rings. The van der Waals surface area contributed by atoms with Gasteiger partial charge in [0, 0.05) is 38.4 Å². The second-order valence-electron chi connectivity index (χ2n) is 8.13. The van der Waals surface area contributed by atoms with Gasteiger partial charge < -0.3 is 19.9 Å². The van der Waals surface area contributed by atoms with Crippen LogP contribution in [0.3, 0.4) is 0 Å². The number of likely N-dealkylation sites (tertiary alicyclic amines) is 1. The molecule has 148 valence electrons. The molecule has 1 atom stereocenters. The Balaban J connectivity index is 0.00000312. The van der Waals surface area contributed by atoms with E-state index in [0.717, 1.165) is 70.0 Å². The summed E-state index contributed by atoms with van der Waals surface area (Å²) in [7, 11) is 4.37.